The number of piperazine rings is 1. The molecule has 3 amide bonds. The summed E-state index contributed by atoms with van der Waals surface area (Å²) in [7, 11) is 0. The third-order valence-electron chi connectivity index (χ3n) is 4.17. The normalized spacial score (nSPS) is 33.5. The maximum Gasteiger partial charge on any atom is 0.318 e. The molecule has 2 unspecified atom stereocenters. The molecule has 0 saturated carbocycles. The minimum absolute atomic E-state index is 0.0429. The molecule has 3 atom stereocenters. The molecule has 3 aliphatic rings. The van der Waals surface area contributed by atoms with Crippen LogP contribution in [-0.4, -0.2) is 73.7 Å². The fourth-order valence-electron chi connectivity index (χ4n) is 2.92. The molecule has 0 spiro atoms. The van der Waals surface area contributed by atoms with Crippen LogP contribution in [-0.2, 0) is 9.63 Å². The van der Waals surface area contributed by atoms with Crippen molar-refractivity contribution in [2.24, 2.45) is 0 Å². The highest BCUT2D eigenvalue weighted by Gasteiger charge is 2.56. The van der Waals surface area contributed by atoms with Gasteiger partial charge in [-0.3, -0.25) is 9.63 Å². The van der Waals surface area contributed by atoms with Gasteiger partial charge in [0.15, 0.2) is 0 Å². The van der Waals surface area contributed by atoms with Gasteiger partial charge in [0, 0.05) is 38.6 Å². The number of halogens is 2. The Hall–Kier alpha value is -1.52. The van der Waals surface area contributed by atoms with Crippen molar-refractivity contribution >= 4 is 11.9 Å². The predicted molar refractivity (Wildman–Crippen MR) is 71.1 cm³/mol. The number of carbonyl (C=O) groups is 2. The zero-order valence-corrected chi connectivity index (χ0v) is 11.9. The van der Waals surface area contributed by atoms with Gasteiger partial charge in [-0.1, -0.05) is 0 Å². The fourth-order valence-corrected chi connectivity index (χ4v) is 2.92. The minimum Gasteiger partial charge on any atom is -0.327 e. The molecule has 3 heterocycles. The van der Waals surface area contributed by atoms with E-state index in [-0.39, 0.29) is 19.2 Å². The molecule has 3 fully saturated rings. The van der Waals surface area contributed by atoms with Gasteiger partial charge >= 0.3 is 6.03 Å². The Bertz CT molecular complexity index is 458. The standard InChI is InChI=1S/C12H19F2N5O3/c13-12(14)3-8(19-5-9(12)17-11(19)21)10(20)18-22-6-7-4-15-1-2-16-7/h7-9,15-16H,1-6H2,(H,17,21)(H,18,20)/t7?,8-,9?/m0/s1. The molecule has 2 bridgehead atoms. The summed E-state index contributed by atoms with van der Waals surface area (Å²) in [4.78, 5) is 29.9. The zero-order valence-electron chi connectivity index (χ0n) is 11.9. The van der Waals surface area contributed by atoms with Crippen LogP contribution in [0.5, 0.6) is 0 Å². The summed E-state index contributed by atoms with van der Waals surface area (Å²) in [6.45, 7) is 2.42. The predicted octanol–water partition coefficient (Wildman–Crippen LogP) is -1.60. The summed E-state index contributed by atoms with van der Waals surface area (Å²) < 4.78 is 27.6. The van der Waals surface area contributed by atoms with Crippen molar-refractivity contribution in [1.29, 1.82) is 0 Å². The quantitative estimate of drug-likeness (QED) is 0.468. The highest BCUT2D eigenvalue weighted by molar-refractivity contribution is 5.88. The van der Waals surface area contributed by atoms with Crippen LogP contribution in [0.4, 0.5) is 13.6 Å². The molecule has 4 N–H and O–H groups in total. The summed E-state index contributed by atoms with van der Waals surface area (Å²) in [5.41, 5.74) is 2.18. The third-order valence-corrected chi connectivity index (χ3v) is 4.17. The molecule has 0 aromatic heterocycles. The number of urea groups is 1. The Morgan fingerprint density at radius 1 is 1.45 bits per heavy atom. The monoisotopic (exact) mass is 319 g/mol. The first kappa shape index (κ1) is 15.4. The maximum atomic E-state index is 13.8. The van der Waals surface area contributed by atoms with Crippen molar-refractivity contribution in [3.63, 3.8) is 0 Å². The van der Waals surface area contributed by atoms with Gasteiger partial charge in [0.2, 0.25) is 0 Å². The van der Waals surface area contributed by atoms with E-state index in [2.05, 4.69) is 21.4 Å². The van der Waals surface area contributed by atoms with Crippen LogP contribution < -0.4 is 21.4 Å². The molecule has 0 aliphatic carbocycles. The summed E-state index contributed by atoms with van der Waals surface area (Å²) in [6.07, 6.45) is -0.700. The van der Waals surface area contributed by atoms with Crippen LogP contribution in [0, 0.1) is 0 Å². The van der Waals surface area contributed by atoms with Crippen molar-refractivity contribution in [2.45, 2.75) is 30.5 Å². The van der Waals surface area contributed by atoms with E-state index >= 15 is 0 Å². The van der Waals surface area contributed by atoms with Gasteiger partial charge in [0.25, 0.3) is 11.8 Å². The first-order valence-corrected chi connectivity index (χ1v) is 7.28. The summed E-state index contributed by atoms with van der Waals surface area (Å²) in [5, 5.41) is 8.54. The van der Waals surface area contributed by atoms with Crippen LogP contribution in [0.2, 0.25) is 0 Å². The van der Waals surface area contributed by atoms with Gasteiger partial charge in [-0.15, -0.1) is 0 Å². The van der Waals surface area contributed by atoms with Crippen molar-refractivity contribution in [1.82, 2.24) is 26.3 Å². The van der Waals surface area contributed by atoms with E-state index in [4.69, 9.17) is 4.84 Å². The lowest BCUT2D eigenvalue weighted by Crippen LogP contribution is -2.57. The number of hydroxylamine groups is 1. The van der Waals surface area contributed by atoms with E-state index in [0.717, 1.165) is 18.0 Å². The number of carbonyl (C=O) groups excluding carboxylic acids is 2. The largest absolute Gasteiger partial charge is 0.327 e. The summed E-state index contributed by atoms with van der Waals surface area (Å²) in [5.74, 6) is -3.82. The fraction of sp³-hybridized carbons (Fsp3) is 0.833. The molecular formula is C12H19F2N5O3. The first-order valence-electron chi connectivity index (χ1n) is 7.28. The molecule has 0 aromatic rings. The van der Waals surface area contributed by atoms with Gasteiger partial charge in [0.05, 0.1) is 6.61 Å². The Morgan fingerprint density at radius 3 is 3.00 bits per heavy atom. The van der Waals surface area contributed by atoms with Crippen molar-refractivity contribution < 1.29 is 23.2 Å². The Labute approximate surface area is 125 Å². The number of hydrogen-bond acceptors (Lipinski definition) is 5. The van der Waals surface area contributed by atoms with Crippen LogP contribution in [0.1, 0.15) is 6.42 Å². The van der Waals surface area contributed by atoms with E-state index in [0.29, 0.717) is 6.54 Å². The topological polar surface area (TPSA) is 94.7 Å². The molecular weight excluding hydrogens is 300 g/mol. The highest BCUT2D eigenvalue weighted by Crippen LogP contribution is 2.35. The SMILES string of the molecule is O=C(NOCC1CNCCN1)[C@@H]1CC(F)(F)C2CN1C(=O)N2. The van der Waals surface area contributed by atoms with E-state index in [9.17, 15) is 18.4 Å². The summed E-state index contributed by atoms with van der Waals surface area (Å²) >= 11 is 0. The second kappa shape index (κ2) is 5.94. The van der Waals surface area contributed by atoms with E-state index in [1.165, 1.54) is 0 Å². The lowest BCUT2D eigenvalue weighted by molar-refractivity contribution is -0.146. The second-order valence-electron chi connectivity index (χ2n) is 5.77. The summed E-state index contributed by atoms with van der Waals surface area (Å²) in [6, 6.07) is -3.03. The van der Waals surface area contributed by atoms with Crippen molar-refractivity contribution in [3.8, 4) is 0 Å². The average molecular weight is 319 g/mol. The number of hydrogen-bond donors (Lipinski definition) is 4. The molecule has 124 valence electrons. The number of fused-ring (bicyclic) bond motifs is 2. The third kappa shape index (κ3) is 2.99. The lowest BCUT2D eigenvalue weighted by Gasteiger charge is -2.34. The maximum absolute atomic E-state index is 13.8. The van der Waals surface area contributed by atoms with Crippen molar-refractivity contribution in [3.05, 3.63) is 0 Å². The minimum atomic E-state index is -3.10. The van der Waals surface area contributed by atoms with Crippen molar-refractivity contribution in [2.75, 3.05) is 32.8 Å². The molecule has 3 rings (SSSR count). The molecule has 22 heavy (non-hydrogen) atoms. The van der Waals surface area contributed by atoms with Gasteiger partial charge in [-0.05, 0) is 0 Å². The smallest absolute Gasteiger partial charge is 0.318 e. The van der Waals surface area contributed by atoms with Gasteiger partial charge < -0.3 is 20.9 Å². The number of amides is 3. The van der Waals surface area contributed by atoms with Gasteiger partial charge in [-0.25, -0.2) is 19.1 Å². The Kier molecular flexibility index (Phi) is 4.15. The lowest BCUT2D eigenvalue weighted by atomic mass is 9.96. The second-order valence-corrected chi connectivity index (χ2v) is 5.77. The van der Waals surface area contributed by atoms with E-state index in [1.807, 2.05) is 0 Å². The number of alkyl halides is 2. The van der Waals surface area contributed by atoms with Crippen LogP contribution in [0.3, 0.4) is 0 Å². The van der Waals surface area contributed by atoms with E-state index in [1.54, 1.807) is 0 Å². The number of nitrogens with zero attached hydrogens (tertiary/aromatic N) is 1. The van der Waals surface area contributed by atoms with Crippen LogP contribution >= 0.6 is 0 Å². The van der Waals surface area contributed by atoms with Gasteiger partial charge in [-0.2, -0.15) is 0 Å². The molecule has 0 radical (unpaired) electrons. The zero-order chi connectivity index (χ0) is 15.7. The van der Waals surface area contributed by atoms with Gasteiger partial charge in [0.1, 0.15) is 12.1 Å². The molecule has 10 heteroatoms. The number of piperidine rings is 1. The first-order chi connectivity index (χ1) is 10.5. The Balaban J connectivity index is 1.51. The molecule has 3 saturated heterocycles. The molecule has 8 nitrogen and oxygen atoms in total. The molecule has 3 aliphatic heterocycles. The van der Waals surface area contributed by atoms with Crippen LogP contribution in [0.15, 0.2) is 0 Å². The number of nitrogens with one attached hydrogen (secondary N) is 4. The Morgan fingerprint density at radius 2 is 2.27 bits per heavy atom. The van der Waals surface area contributed by atoms with Crippen LogP contribution in [0.25, 0.3) is 0 Å². The number of rotatable bonds is 4. The highest BCUT2D eigenvalue weighted by atomic mass is 19.3. The molecule has 0 aromatic carbocycles. The van der Waals surface area contributed by atoms with E-state index < -0.39 is 36.4 Å². The average Bonchev–Trinajstić information content (AvgIpc) is 2.84.